The van der Waals surface area contributed by atoms with Crippen LogP contribution in [-0.2, 0) is 6.61 Å². The van der Waals surface area contributed by atoms with Gasteiger partial charge in [-0.2, -0.15) is 0 Å². The van der Waals surface area contributed by atoms with Crippen molar-refractivity contribution in [2.24, 2.45) is 0 Å². The lowest BCUT2D eigenvalue weighted by atomic mass is 10.4. The van der Waals surface area contributed by atoms with Crippen LogP contribution in [0.4, 0.5) is 4.79 Å². The molecule has 5 heteroatoms. The zero-order chi connectivity index (χ0) is 9.40. The van der Waals surface area contributed by atoms with Crippen LogP contribution in [0.3, 0.4) is 0 Å². The number of aliphatic hydroxyl groups excluding tert-OH is 1. The molecule has 0 atom stereocenters. The van der Waals surface area contributed by atoms with Crippen LogP contribution < -0.4 is 0 Å². The van der Waals surface area contributed by atoms with Crippen LogP contribution in [0, 0.1) is 0 Å². The number of carboxylic acid groups (broad SMARTS) is 2. The highest BCUT2D eigenvalue weighted by molar-refractivity contribution is 5.53. The number of hydrogen-bond acceptors (Lipinski definition) is 3. The van der Waals surface area contributed by atoms with Crippen LogP contribution in [-0.4, -0.2) is 26.5 Å². The Morgan fingerprint density at radius 2 is 2.00 bits per heavy atom. The number of aromatic nitrogens is 1. The third-order valence-corrected chi connectivity index (χ3v) is 0.888. The largest absolute Gasteiger partial charge is 0.503 e. The molecule has 5 nitrogen and oxygen atoms in total. The van der Waals surface area contributed by atoms with Gasteiger partial charge in [-0.3, -0.25) is 4.98 Å². The lowest BCUT2D eigenvalue weighted by Gasteiger charge is -1.88. The summed E-state index contributed by atoms with van der Waals surface area (Å²) in [6.07, 6.45) is -0.175. The minimum atomic E-state index is -1.83. The van der Waals surface area contributed by atoms with Crippen LogP contribution in [0.1, 0.15) is 5.69 Å². The molecule has 0 unspecified atom stereocenters. The monoisotopic (exact) mass is 171 g/mol. The molecule has 0 aliphatic rings. The van der Waals surface area contributed by atoms with E-state index in [0.717, 1.165) is 0 Å². The molecule has 0 aromatic carbocycles. The van der Waals surface area contributed by atoms with E-state index in [-0.39, 0.29) is 6.61 Å². The van der Waals surface area contributed by atoms with E-state index in [9.17, 15) is 0 Å². The molecule has 12 heavy (non-hydrogen) atoms. The van der Waals surface area contributed by atoms with E-state index < -0.39 is 6.16 Å². The highest BCUT2D eigenvalue weighted by atomic mass is 16.6. The average molecular weight is 171 g/mol. The minimum Gasteiger partial charge on any atom is -0.450 e. The maximum absolute atomic E-state index is 8.56. The molecule has 1 aromatic rings. The van der Waals surface area contributed by atoms with Gasteiger partial charge in [-0.1, -0.05) is 6.07 Å². The first-order valence-electron chi connectivity index (χ1n) is 3.09. The molecule has 66 valence electrons. The molecule has 0 fully saturated rings. The van der Waals surface area contributed by atoms with Gasteiger partial charge < -0.3 is 15.3 Å². The quantitative estimate of drug-likeness (QED) is 0.581. The summed E-state index contributed by atoms with van der Waals surface area (Å²) in [6, 6.07) is 5.44. The Morgan fingerprint density at radius 3 is 2.25 bits per heavy atom. The van der Waals surface area contributed by atoms with Gasteiger partial charge in [-0.15, -0.1) is 0 Å². The van der Waals surface area contributed by atoms with E-state index in [0.29, 0.717) is 5.69 Å². The first kappa shape index (κ1) is 10.4. The molecule has 3 N–H and O–H groups in total. The lowest BCUT2D eigenvalue weighted by molar-refractivity contribution is 0.137. The summed E-state index contributed by atoms with van der Waals surface area (Å²) in [4.78, 5) is 12.4. The van der Waals surface area contributed by atoms with Crippen LogP contribution in [0.5, 0.6) is 0 Å². The predicted octanol–water partition coefficient (Wildman–Crippen LogP) is 0.796. The minimum absolute atomic E-state index is 0.0286. The van der Waals surface area contributed by atoms with E-state index in [2.05, 4.69) is 4.98 Å². The summed E-state index contributed by atoms with van der Waals surface area (Å²) in [5, 5.41) is 22.4. The SMILES string of the molecule is O=C(O)O.OCc1ccccn1. The van der Waals surface area contributed by atoms with Crippen LogP contribution in [0.25, 0.3) is 0 Å². The zero-order valence-corrected chi connectivity index (χ0v) is 6.21. The molecule has 0 radical (unpaired) electrons. The highest BCUT2D eigenvalue weighted by Gasteiger charge is 1.82. The molecule has 0 saturated heterocycles. The Labute approximate surface area is 68.9 Å². The average Bonchev–Trinajstić information content (AvgIpc) is 2.05. The maximum atomic E-state index is 8.56. The van der Waals surface area contributed by atoms with Gasteiger partial charge in [0, 0.05) is 6.20 Å². The van der Waals surface area contributed by atoms with E-state index in [1.807, 2.05) is 12.1 Å². The van der Waals surface area contributed by atoms with Gasteiger partial charge in [0.15, 0.2) is 0 Å². The van der Waals surface area contributed by atoms with Gasteiger partial charge in [0.2, 0.25) is 0 Å². The molecule has 1 aromatic heterocycles. The van der Waals surface area contributed by atoms with Crippen LogP contribution in [0.15, 0.2) is 24.4 Å². The summed E-state index contributed by atoms with van der Waals surface area (Å²) in [6.45, 7) is 0.0286. The fourth-order valence-corrected chi connectivity index (χ4v) is 0.492. The highest BCUT2D eigenvalue weighted by Crippen LogP contribution is 1.89. The molecule has 0 spiro atoms. The second-order valence-corrected chi connectivity index (χ2v) is 1.76. The van der Waals surface area contributed by atoms with Crippen molar-refractivity contribution in [2.75, 3.05) is 0 Å². The fraction of sp³-hybridized carbons (Fsp3) is 0.143. The molecule has 1 rings (SSSR count). The second kappa shape index (κ2) is 6.11. The predicted molar refractivity (Wildman–Crippen MR) is 40.8 cm³/mol. The third-order valence-electron chi connectivity index (χ3n) is 0.888. The van der Waals surface area contributed by atoms with Crippen molar-refractivity contribution in [1.29, 1.82) is 0 Å². The zero-order valence-electron chi connectivity index (χ0n) is 6.21. The number of rotatable bonds is 1. The van der Waals surface area contributed by atoms with Crippen molar-refractivity contribution < 1.29 is 20.1 Å². The van der Waals surface area contributed by atoms with Crippen LogP contribution >= 0.6 is 0 Å². The van der Waals surface area contributed by atoms with Crippen molar-refractivity contribution >= 4 is 6.16 Å². The van der Waals surface area contributed by atoms with Crippen LogP contribution in [0.2, 0.25) is 0 Å². The van der Waals surface area contributed by atoms with E-state index in [4.69, 9.17) is 20.1 Å². The standard InChI is InChI=1S/C6H7NO.CH2O3/c8-5-6-3-1-2-4-7-6;2-1(3)4/h1-4,8H,5H2;(H2,2,3,4). The van der Waals surface area contributed by atoms with Gasteiger partial charge >= 0.3 is 6.16 Å². The molecule has 0 amide bonds. The molecule has 0 aliphatic carbocycles. The van der Waals surface area contributed by atoms with E-state index in [1.54, 1.807) is 12.3 Å². The first-order valence-corrected chi connectivity index (χ1v) is 3.09. The fourth-order valence-electron chi connectivity index (χ4n) is 0.492. The molecule has 0 saturated carbocycles. The summed E-state index contributed by atoms with van der Waals surface area (Å²) < 4.78 is 0. The van der Waals surface area contributed by atoms with Crippen molar-refractivity contribution in [2.45, 2.75) is 6.61 Å². The van der Waals surface area contributed by atoms with Crippen molar-refractivity contribution in [3.05, 3.63) is 30.1 Å². The number of nitrogens with zero attached hydrogens (tertiary/aromatic N) is 1. The van der Waals surface area contributed by atoms with Gasteiger partial charge in [0.05, 0.1) is 12.3 Å². The summed E-state index contributed by atoms with van der Waals surface area (Å²) in [5.74, 6) is 0. The van der Waals surface area contributed by atoms with E-state index >= 15 is 0 Å². The summed E-state index contributed by atoms with van der Waals surface area (Å²) in [5.41, 5.74) is 0.715. The summed E-state index contributed by atoms with van der Waals surface area (Å²) in [7, 11) is 0. The lowest BCUT2D eigenvalue weighted by Crippen LogP contribution is -1.84. The molecule has 0 bridgehead atoms. The molecular formula is C7H9NO4. The van der Waals surface area contributed by atoms with Gasteiger partial charge in [-0.25, -0.2) is 4.79 Å². The smallest absolute Gasteiger partial charge is 0.450 e. The molecule has 1 heterocycles. The third kappa shape index (κ3) is 6.50. The topological polar surface area (TPSA) is 90.7 Å². The Morgan fingerprint density at radius 1 is 1.42 bits per heavy atom. The van der Waals surface area contributed by atoms with Gasteiger partial charge in [0.25, 0.3) is 0 Å². The number of aliphatic hydroxyl groups is 1. The Bertz CT molecular complexity index is 220. The van der Waals surface area contributed by atoms with E-state index in [1.165, 1.54) is 0 Å². The normalized spacial score (nSPS) is 8.08. The number of pyridine rings is 1. The Balaban J connectivity index is 0.000000261. The number of carbonyl (C=O) groups is 1. The van der Waals surface area contributed by atoms with Gasteiger partial charge in [0.1, 0.15) is 0 Å². The molecular weight excluding hydrogens is 162 g/mol. The van der Waals surface area contributed by atoms with Crippen molar-refractivity contribution in [3.8, 4) is 0 Å². The summed E-state index contributed by atoms with van der Waals surface area (Å²) >= 11 is 0. The first-order chi connectivity index (χ1) is 5.66. The van der Waals surface area contributed by atoms with Gasteiger partial charge in [-0.05, 0) is 12.1 Å². The van der Waals surface area contributed by atoms with Crippen molar-refractivity contribution in [1.82, 2.24) is 4.98 Å². The molecule has 0 aliphatic heterocycles. The number of hydrogen-bond donors (Lipinski definition) is 3. The second-order valence-electron chi connectivity index (χ2n) is 1.76. The Hall–Kier alpha value is -1.62. The Kier molecular flexibility index (Phi) is 5.29. The maximum Gasteiger partial charge on any atom is 0.503 e. The van der Waals surface area contributed by atoms with Crippen molar-refractivity contribution in [3.63, 3.8) is 0 Å².